The largest absolute Gasteiger partial charge is 0.486 e. The van der Waals surface area contributed by atoms with Gasteiger partial charge in [-0.3, -0.25) is 0 Å². The van der Waals surface area contributed by atoms with E-state index in [2.05, 4.69) is 16.5 Å². The zero-order valence-corrected chi connectivity index (χ0v) is 12.6. The van der Waals surface area contributed by atoms with E-state index in [0.29, 0.717) is 13.2 Å². The summed E-state index contributed by atoms with van der Waals surface area (Å²) in [6.45, 7) is 3.30. The summed E-state index contributed by atoms with van der Waals surface area (Å²) in [5.41, 5.74) is 7.96. The Labute approximate surface area is 122 Å². The lowest BCUT2D eigenvalue weighted by molar-refractivity contribution is 0.172. The fourth-order valence-corrected chi connectivity index (χ4v) is 3.19. The van der Waals surface area contributed by atoms with Crippen LogP contribution in [0.4, 0.5) is 0 Å². The van der Waals surface area contributed by atoms with E-state index in [-0.39, 0.29) is 6.04 Å². The number of benzene rings is 1. The van der Waals surface area contributed by atoms with Crippen LogP contribution in [0.15, 0.2) is 17.3 Å². The normalized spacial score (nSPS) is 15.6. The molecule has 5 nitrogen and oxygen atoms in total. The van der Waals surface area contributed by atoms with Crippen molar-refractivity contribution < 1.29 is 9.47 Å². The fourth-order valence-electron chi connectivity index (χ4n) is 2.14. The van der Waals surface area contributed by atoms with Gasteiger partial charge in [0.2, 0.25) is 0 Å². The van der Waals surface area contributed by atoms with Gasteiger partial charge in [0.15, 0.2) is 16.7 Å². The summed E-state index contributed by atoms with van der Waals surface area (Å²) >= 11 is 1.69. The number of aromatic nitrogens is 2. The molecular weight excluding hydrogens is 274 g/mol. The molecule has 0 bridgehead atoms. The van der Waals surface area contributed by atoms with Crippen molar-refractivity contribution in [1.29, 1.82) is 0 Å². The van der Waals surface area contributed by atoms with Crippen LogP contribution in [0.5, 0.6) is 11.5 Å². The second-order valence-corrected chi connectivity index (χ2v) is 5.90. The minimum absolute atomic E-state index is 0.208. The molecule has 1 unspecified atom stereocenters. The maximum absolute atomic E-state index is 5.97. The Kier molecular flexibility index (Phi) is 3.76. The third-order valence-electron chi connectivity index (χ3n) is 3.45. The van der Waals surface area contributed by atoms with Crippen molar-refractivity contribution in [3.8, 4) is 11.5 Å². The highest BCUT2D eigenvalue weighted by molar-refractivity contribution is 7.99. The van der Waals surface area contributed by atoms with Gasteiger partial charge in [-0.25, -0.2) is 4.98 Å². The first-order valence-electron chi connectivity index (χ1n) is 6.83. The monoisotopic (exact) mass is 293 g/mol. The Balaban J connectivity index is 1.93. The van der Waals surface area contributed by atoms with Crippen LogP contribution < -0.4 is 15.2 Å². The van der Waals surface area contributed by atoms with Crippen LogP contribution in [-0.2, 0) is 7.05 Å². The summed E-state index contributed by atoms with van der Waals surface area (Å²) in [5.74, 6) is 2.46. The van der Waals surface area contributed by atoms with Crippen molar-refractivity contribution in [3.05, 3.63) is 12.1 Å². The van der Waals surface area contributed by atoms with E-state index in [1.165, 1.54) is 0 Å². The second-order valence-electron chi connectivity index (χ2n) is 4.92. The summed E-state index contributed by atoms with van der Waals surface area (Å²) < 4.78 is 13.3. The molecule has 2 aromatic rings. The lowest BCUT2D eigenvalue weighted by atomic mass is 10.2. The van der Waals surface area contributed by atoms with Gasteiger partial charge in [0.05, 0.1) is 11.0 Å². The fraction of sp³-hybridized carbons (Fsp3) is 0.500. The molecule has 1 aromatic carbocycles. The predicted molar refractivity (Wildman–Crippen MR) is 80.7 cm³/mol. The summed E-state index contributed by atoms with van der Waals surface area (Å²) in [7, 11) is 2.02. The molecule has 2 N–H and O–H groups in total. The highest BCUT2D eigenvalue weighted by atomic mass is 32.2. The minimum atomic E-state index is 0.208. The number of nitrogens with zero attached hydrogens (tertiary/aromatic N) is 2. The number of fused-ring (bicyclic) bond motifs is 2. The quantitative estimate of drug-likeness (QED) is 0.875. The van der Waals surface area contributed by atoms with Crippen molar-refractivity contribution in [2.24, 2.45) is 12.8 Å². The maximum atomic E-state index is 5.97. The van der Waals surface area contributed by atoms with E-state index in [4.69, 9.17) is 15.2 Å². The van der Waals surface area contributed by atoms with Crippen molar-refractivity contribution in [2.45, 2.75) is 24.5 Å². The van der Waals surface area contributed by atoms with Crippen LogP contribution in [0.2, 0.25) is 0 Å². The molecule has 0 saturated heterocycles. The van der Waals surface area contributed by atoms with Gasteiger partial charge >= 0.3 is 0 Å². The standard InChI is InChI=1S/C14H19N3O2S/c1-3-9(15)8-20-14-16-10-6-12-13(19-5-4-18-12)7-11(10)17(14)2/h6-7,9H,3-5,8,15H2,1-2H3. The van der Waals surface area contributed by atoms with Crippen molar-refractivity contribution in [3.63, 3.8) is 0 Å². The Hall–Kier alpha value is -1.40. The lowest BCUT2D eigenvalue weighted by Gasteiger charge is -2.18. The second kappa shape index (κ2) is 5.54. The summed E-state index contributed by atoms with van der Waals surface area (Å²) in [6.07, 6.45) is 0.979. The molecule has 0 radical (unpaired) electrons. The molecule has 0 saturated carbocycles. The zero-order valence-electron chi connectivity index (χ0n) is 11.8. The van der Waals surface area contributed by atoms with Gasteiger partial charge in [0.25, 0.3) is 0 Å². The third kappa shape index (κ3) is 2.45. The van der Waals surface area contributed by atoms with E-state index in [1.54, 1.807) is 11.8 Å². The van der Waals surface area contributed by atoms with E-state index in [0.717, 1.165) is 39.9 Å². The molecule has 0 spiro atoms. The molecule has 3 rings (SSSR count). The van der Waals surface area contributed by atoms with E-state index in [9.17, 15) is 0 Å². The van der Waals surface area contributed by atoms with Gasteiger partial charge in [0, 0.05) is 31.0 Å². The molecule has 6 heteroatoms. The Morgan fingerprint density at radius 1 is 1.35 bits per heavy atom. The summed E-state index contributed by atoms with van der Waals surface area (Å²) in [4.78, 5) is 4.66. The smallest absolute Gasteiger partial charge is 0.168 e. The molecule has 0 amide bonds. The van der Waals surface area contributed by atoms with E-state index < -0.39 is 0 Å². The molecule has 2 heterocycles. The maximum Gasteiger partial charge on any atom is 0.168 e. The highest BCUT2D eigenvalue weighted by Gasteiger charge is 2.17. The first-order valence-corrected chi connectivity index (χ1v) is 7.82. The average Bonchev–Trinajstić information content (AvgIpc) is 2.78. The van der Waals surface area contributed by atoms with Crippen LogP contribution in [-0.4, -0.2) is 34.6 Å². The van der Waals surface area contributed by atoms with Gasteiger partial charge in [-0.2, -0.15) is 0 Å². The van der Waals surface area contributed by atoms with Crippen molar-refractivity contribution in [1.82, 2.24) is 9.55 Å². The predicted octanol–water partition coefficient (Wildman–Crippen LogP) is 2.17. The number of ether oxygens (including phenoxy) is 2. The number of hydrogen-bond donors (Lipinski definition) is 1. The van der Waals surface area contributed by atoms with Crippen LogP contribution in [0, 0.1) is 0 Å². The Morgan fingerprint density at radius 3 is 2.75 bits per heavy atom. The first kappa shape index (κ1) is 13.6. The van der Waals surface area contributed by atoms with E-state index >= 15 is 0 Å². The van der Waals surface area contributed by atoms with Gasteiger partial charge in [-0.15, -0.1) is 0 Å². The number of imidazole rings is 1. The number of hydrogen-bond acceptors (Lipinski definition) is 5. The lowest BCUT2D eigenvalue weighted by Crippen LogP contribution is -2.21. The van der Waals surface area contributed by atoms with Crippen LogP contribution in [0.3, 0.4) is 0 Å². The third-order valence-corrected chi connectivity index (χ3v) is 4.67. The average molecular weight is 293 g/mol. The Morgan fingerprint density at radius 2 is 2.05 bits per heavy atom. The topological polar surface area (TPSA) is 62.3 Å². The molecule has 1 aliphatic rings. The van der Waals surface area contributed by atoms with Gasteiger partial charge < -0.3 is 19.8 Å². The molecule has 0 fully saturated rings. The molecule has 0 aliphatic carbocycles. The van der Waals surface area contributed by atoms with E-state index in [1.807, 2.05) is 19.2 Å². The molecule has 1 aromatic heterocycles. The minimum Gasteiger partial charge on any atom is -0.486 e. The van der Waals surface area contributed by atoms with Crippen LogP contribution in [0.25, 0.3) is 11.0 Å². The molecule has 108 valence electrons. The first-order chi connectivity index (χ1) is 9.69. The van der Waals surface area contributed by atoms with Gasteiger partial charge in [0.1, 0.15) is 13.2 Å². The number of nitrogens with two attached hydrogens (primary N) is 1. The SMILES string of the molecule is CCC(N)CSc1nc2cc3c(cc2n1C)OCCO3. The Bertz CT molecular complexity index is 626. The van der Waals surface area contributed by atoms with Crippen LogP contribution >= 0.6 is 11.8 Å². The number of thioether (sulfide) groups is 1. The number of aryl methyl sites for hydroxylation is 1. The summed E-state index contributed by atoms with van der Waals surface area (Å²) in [6, 6.07) is 4.16. The van der Waals surface area contributed by atoms with Crippen LogP contribution in [0.1, 0.15) is 13.3 Å². The zero-order chi connectivity index (χ0) is 14.1. The molecule has 1 aliphatic heterocycles. The molecule has 1 atom stereocenters. The van der Waals surface area contributed by atoms with Crippen molar-refractivity contribution in [2.75, 3.05) is 19.0 Å². The molecule has 20 heavy (non-hydrogen) atoms. The van der Waals surface area contributed by atoms with Gasteiger partial charge in [-0.1, -0.05) is 18.7 Å². The highest BCUT2D eigenvalue weighted by Crippen LogP contribution is 2.35. The van der Waals surface area contributed by atoms with Crippen molar-refractivity contribution >= 4 is 22.8 Å². The summed E-state index contributed by atoms with van der Waals surface area (Å²) in [5, 5.41) is 0.978. The molecular formula is C14H19N3O2S. The number of rotatable bonds is 4. The van der Waals surface area contributed by atoms with Gasteiger partial charge in [-0.05, 0) is 6.42 Å².